The Morgan fingerprint density at radius 2 is 1.85 bits per heavy atom. The van der Waals surface area contributed by atoms with Gasteiger partial charge in [0.15, 0.2) is 0 Å². The van der Waals surface area contributed by atoms with Gasteiger partial charge in [-0.1, -0.05) is 30.3 Å². The number of hydrogen-bond donors (Lipinski definition) is 1. The van der Waals surface area contributed by atoms with Gasteiger partial charge >= 0.3 is 0 Å². The van der Waals surface area contributed by atoms with E-state index in [-0.39, 0.29) is 17.1 Å². The summed E-state index contributed by atoms with van der Waals surface area (Å²) in [5.41, 5.74) is 8.06. The van der Waals surface area contributed by atoms with E-state index >= 15 is 0 Å². The lowest BCUT2D eigenvalue weighted by atomic mass is 9.95. The molecule has 3 aromatic rings. The largest absolute Gasteiger partial charge is 0.439 e. The number of nitrogens with zero attached hydrogens (tertiary/aromatic N) is 6. The van der Waals surface area contributed by atoms with Crippen LogP contribution in [-0.2, 0) is 0 Å². The Kier molecular flexibility index (Phi) is 6.26. The summed E-state index contributed by atoms with van der Waals surface area (Å²) in [5, 5.41) is 36.2. The van der Waals surface area contributed by atoms with E-state index in [0.29, 0.717) is 17.0 Å². The van der Waals surface area contributed by atoms with Crippen LogP contribution in [0.15, 0.2) is 83.6 Å². The number of anilines is 1. The monoisotopic (exact) mass is 451 g/mol. The van der Waals surface area contributed by atoms with Crippen LogP contribution in [0, 0.1) is 38.7 Å². The van der Waals surface area contributed by atoms with E-state index in [1.807, 2.05) is 30.3 Å². The van der Waals surface area contributed by atoms with Crippen molar-refractivity contribution in [3.8, 4) is 23.8 Å². The second kappa shape index (κ2) is 9.61. The molecule has 2 N–H and O–H groups in total. The second-order valence-electron chi connectivity index (χ2n) is 7.22. The van der Waals surface area contributed by atoms with Gasteiger partial charge < -0.3 is 10.5 Å². The van der Waals surface area contributed by atoms with Crippen LogP contribution in [0.4, 0.5) is 11.4 Å². The van der Waals surface area contributed by atoms with Crippen molar-refractivity contribution in [3.05, 3.63) is 94.2 Å². The van der Waals surface area contributed by atoms with Gasteiger partial charge in [0.2, 0.25) is 5.88 Å². The van der Waals surface area contributed by atoms with E-state index in [1.54, 1.807) is 35.4 Å². The summed E-state index contributed by atoms with van der Waals surface area (Å²) in [7, 11) is 0. The molecule has 4 rings (SSSR count). The van der Waals surface area contributed by atoms with E-state index < -0.39 is 17.0 Å². The standard InChI is InChI=1S/C24H17N7O3/c25-13-17(23-21(14-26)24(27)30(29-23)18-4-2-1-3-5-18)12-16-6-9-20(10-7-16)34-22-11-8-19(15-28-22)31(32)33/h1-12,15,21,24H,27H2/b17-12-/t21-,24-/m1/s1. The second-order valence-corrected chi connectivity index (χ2v) is 7.22. The smallest absolute Gasteiger partial charge is 0.287 e. The first kappa shape index (κ1) is 22.1. The summed E-state index contributed by atoms with van der Waals surface area (Å²) in [6, 6.07) is 23.0. The summed E-state index contributed by atoms with van der Waals surface area (Å²) in [6.45, 7) is 0. The van der Waals surface area contributed by atoms with Gasteiger partial charge in [-0.05, 0) is 35.9 Å². The molecule has 0 saturated carbocycles. The highest BCUT2D eigenvalue weighted by Gasteiger charge is 2.37. The van der Waals surface area contributed by atoms with Crippen molar-refractivity contribution in [1.82, 2.24) is 4.98 Å². The Labute approximate surface area is 194 Å². The lowest BCUT2D eigenvalue weighted by Crippen LogP contribution is -2.40. The van der Waals surface area contributed by atoms with E-state index in [0.717, 1.165) is 11.9 Å². The highest BCUT2D eigenvalue weighted by atomic mass is 16.6. The zero-order valence-corrected chi connectivity index (χ0v) is 17.6. The van der Waals surface area contributed by atoms with Crippen molar-refractivity contribution in [2.45, 2.75) is 6.17 Å². The molecule has 34 heavy (non-hydrogen) atoms. The van der Waals surface area contributed by atoms with Gasteiger partial charge in [-0.25, -0.2) is 9.99 Å². The number of aromatic nitrogens is 1. The van der Waals surface area contributed by atoms with Gasteiger partial charge in [0, 0.05) is 12.1 Å². The highest BCUT2D eigenvalue weighted by molar-refractivity contribution is 6.11. The molecular weight excluding hydrogens is 434 g/mol. The van der Waals surface area contributed by atoms with Gasteiger partial charge in [-0.15, -0.1) is 0 Å². The van der Waals surface area contributed by atoms with E-state index in [1.165, 1.54) is 12.1 Å². The zero-order valence-electron chi connectivity index (χ0n) is 17.6. The molecule has 2 aromatic carbocycles. The molecule has 0 saturated heterocycles. The van der Waals surface area contributed by atoms with Crippen LogP contribution in [-0.4, -0.2) is 21.8 Å². The number of pyridine rings is 1. The molecule has 1 aromatic heterocycles. The number of rotatable bonds is 6. The number of allylic oxidation sites excluding steroid dienone is 1. The molecule has 10 heteroatoms. The molecule has 0 unspecified atom stereocenters. The van der Waals surface area contributed by atoms with Crippen molar-refractivity contribution >= 4 is 23.2 Å². The third-order valence-corrected chi connectivity index (χ3v) is 5.04. The summed E-state index contributed by atoms with van der Waals surface area (Å²) in [4.78, 5) is 14.1. The molecule has 0 aliphatic carbocycles. The van der Waals surface area contributed by atoms with Crippen LogP contribution >= 0.6 is 0 Å². The topological polar surface area (TPSA) is 154 Å². The first-order valence-electron chi connectivity index (χ1n) is 10.1. The van der Waals surface area contributed by atoms with Gasteiger partial charge in [-0.2, -0.15) is 15.6 Å². The highest BCUT2D eigenvalue weighted by Crippen LogP contribution is 2.29. The first-order chi connectivity index (χ1) is 16.5. The van der Waals surface area contributed by atoms with Crippen LogP contribution in [0.3, 0.4) is 0 Å². The quantitative estimate of drug-likeness (QED) is 0.335. The van der Waals surface area contributed by atoms with Crippen LogP contribution in [0.5, 0.6) is 11.6 Å². The van der Waals surface area contributed by atoms with Gasteiger partial charge in [-0.3, -0.25) is 10.1 Å². The summed E-state index contributed by atoms with van der Waals surface area (Å²) in [5.74, 6) is -0.108. The first-order valence-corrected chi connectivity index (χ1v) is 10.1. The van der Waals surface area contributed by atoms with Crippen molar-refractivity contribution in [1.29, 1.82) is 10.5 Å². The van der Waals surface area contributed by atoms with E-state index in [2.05, 4.69) is 22.2 Å². The van der Waals surface area contributed by atoms with Crippen LogP contribution < -0.4 is 15.5 Å². The maximum Gasteiger partial charge on any atom is 0.287 e. The molecule has 0 radical (unpaired) electrons. The SMILES string of the molecule is N#C/C(=C/c1ccc(Oc2ccc([N+](=O)[O-])cn2)cc1)C1=NN(c2ccccc2)[C@@H](N)[C@@H]1C#N. The molecule has 0 fully saturated rings. The molecule has 2 heterocycles. The lowest BCUT2D eigenvalue weighted by molar-refractivity contribution is -0.385. The third-order valence-electron chi connectivity index (χ3n) is 5.04. The number of benzene rings is 2. The predicted molar refractivity (Wildman–Crippen MR) is 124 cm³/mol. The number of nitro groups is 1. The number of para-hydroxylation sites is 1. The van der Waals surface area contributed by atoms with Crippen LogP contribution in [0.1, 0.15) is 5.56 Å². The fourth-order valence-corrected chi connectivity index (χ4v) is 3.34. The predicted octanol–water partition coefficient (Wildman–Crippen LogP) is 3.99. The minimum Gasteiger partial charge on any atom is -0.439 e. The Bertz CT molecular complexity index is 1340. The lowest BCUT2D eigenvalue weighted by Gasteiger charge is -2.21. The van der Waals surface area contributed by atoms with Crippen LogP contribution in [0.25, 0.3) is 6.08 Å². The fraction of sp³-hybridized carbons (Fsp3) is 0.0833. The van der Waals surface area contributed by atoms with Crippen molar-refractivity contribution in [2.75, 3.05) is 5.01 Å². The molecule has 0 spiro atoms. The van der Waals surface area contributed by atoms with Crippen molar-refractivity contribution in [3.63, 3.8) is 0 Å². The molecular formula is C24H17N7O3. The van der Waals surface area contributed by atoms with E-state index in [9.17, 15) is 20.6 Å². The maximum absolute atomic E-state index is 10.7. The molecule has 1 aliphatic heterocycles. The van der Waals surface area contributed by atoms with Crippen molar-refractivity contribution in [2.24, 2.45) is 16.8 Å². The maximum atomic E-state index is 10.7. The molecule has 0 bridgehead atoms. The molecule has 2 atom stereocenters. The Morgan fingerprint density at radius 1 is 1.12 bits per heavy atom. The van der Waals surface area contributed by atoms with Crippen molar-refractivity contribution < 1.29 is 9.66 Å². The normalized spacial score (nSPS) is 17.4. The number of hydrogen-bond acceptors (Lipinski definition) is 9. The Hall–Kier alpha value is -5.06. The summed E-state index contributed by atoms with van der Waals surface area (Å²) < 4.78 is 5.60. The number of hydrazone groups is 1. The van der Waals surface area contributed by atoms with Gasteiger partial charge in [0.05, 0.1) is 28.0 Å². The average Bonchev–Trinajstić information content (AvgIpc) is 3.20. The molecule has 10 nitrogen and oxygen atoms in total. The van der Waals surface area contributed by atoms with Gasteiger partial charge in [0.25, 0.3) is 5.69 Å². The molecule has 166 valence electrons. The molecule has 1 aliphatic rings. The third kappa shape index (κ3) is 4.58. The molecule has 0 amide bonds. The number of nitriles is 2. The van der Waals surface area contributed by atoms with Crippen LogP contribution in [0.2, 0.25) is 0 Å². The Morgan fingerprint density at radius 3 is 2.44 bits per heavy atom. The van der Waals surface area contributed by atoms with E-state index in [4.69, 9.17) is 10.5 Å². The van der Waals surface area contributed by atoms with Gasteiger partial charge in [0.1, 0.15) is 30.1 Å². The average molecular weight is 451 g/mol. The number of ether oxygens (including phenoxy) is 1. The summed E-state index contributed by atoms with van der Waals surface area (Å²) in [6.07, 6.45) is 2.02. The fourth-order valence-electron chi connectivity index (χ4n) is 3.34. The minimum atomic E-state index is -0.776. The minimum absolute atomic E-state index is 0.132. The summed E-state index contributed by atoms with van der Waals surface area (Å²) >= 11 is 0. The zero-order chi connectivity index (χ0) is 24.1. The number of nitrogens with two attached hydrogens (primary N) is 1. The Balaban J connectivity index is 1.55.